The quantitative estimate of drug-likeness (QED) is 0.117. The number of hydrazine groups is 1. The minimum atomic E-state index is -0.896. The van der Waals surface area contributed by atoms with Crippen molar-refractivity contribution in [2.45, 2.75) is 70.4 Å². The Bertz CT molecular complexity index is 871. The molecule has 0 aliphatic rings. The highest BCUT2D eigenvalue weighted by atomic mass is 16.5. The second kappa shape index (κ2) is 14.9. The maximum absolute atomic E-state index is 12.9. The van der Waals surface area contributed by atoms with Crippen LogP contribution in [0.15, 0.2) is 48.5 Å². The van der Waals surface area contributed by atoms with Crippen LogP contribution in [-0.2, 0) is 27.2 Å². The number of phenolic OH excluding ortho intramolecular Hbond substituents is 2. The van der Waals surface area contributed by atoms with Crippen LogP contribution in [0.25, 0.3) is 0 Å². The number of esters is 1. The number of nitrogens with one attached hydrogen (secondary N) is 2. The lowest BCUT2D eigenvalue weighted by Gasteiger charge is -2.22. The first kappa shape index (κ1) is 27.1. The molecule has 0 aromatic heterocycles. The molecule has 186 valence electrons. The minimum Gasteiger partial charge on any atom is -0.508 e. The lowest BCUT2D eigenvalue weighted by Crippen LogP contribution is -2.53. The van der Waals surface area contributed by atoms with Gasteiger partial charge in [0.1, 0.15) is 23.6 Å². The van der Waals surface area contributed by atoms with E-state index in [4.69, 9.17) is 10.6 Å². The number of aromatic hydroxyl groups is 2. The van der Waals surface area contributed by atoms with Gasteiger partial charge in [0.25, 0.3) is 0 Å². The van der Waals surface area contributed by atoms with Crippen LogP contribution in [0.2, 0.25) is 0 Å². The molecule has 0 spiro atoms. The number of nitrogens with two attached hydrogens (primary N) is 1. The summed E-state index contributed by atoms with van der Waals surface area (Å²) in [6.45, 7) is 2.47. The number of ether oxygens (including phenoxy) is 1. The topological polar surface area (TPSA) is 134 Å². The molecule has 8 nitrogen and oxygen atoms in total. The number of phenols is 2. The first-order valence-electron chi connectivity index (χ1n) is 11.9. The molecule has 0 saturated heterocycles. The van der Waals surface area contributed by atoms with Crippen molar-refractivity contribution in [3.8, 4) is 11.5 Å². The van der Waals surface area contributed by atoms with Gasteiger partial charge >= 0.3 is 5.97 Å². The van der Waals surface area contributed by atoms with E-state index in [0.717, 1.165) is 30.4 Å². The van der Waals surface area contributed by atoms with E-state index in [1.54, 1.807) is 24.3 Å². The Hall–Kier alpha value is -3.10. The molecule has 0 fully saturated rings. The fraction of sp³-hybridized carbons (Fsp3) is 0.462. The van der Waals surface area contributed by atoms with E-state index in [9.17, 15) is 19.8 Å². The standard InChI is InChI=1S/C26H37N3O5/c1-2-3-4-5-6-7-16-34-26(33)24(18-20-10-14-22(31)15-11-20)28-25(32)23(29-27)17-19-8-12-21(30)13-9-19/h8-15,23-24,29-31H,2-7,16-18,27H2,1H3,(H,28,32)/t23-,24-/m0/s1. The highest BCUT2D eigenvalue weighted by Gasteiger charge is 2.26. The molecule has 1 amide bonds. The van der Waals surface area contributed by atoms with Crippen LogP contribution in [-0.4, -0.2) is 40.8 Å². The van der Waals surface area contributed by atoms with Crippen molar-refractivity contribution < 1.29 is 24.5 Å². The fourth-order valence-electron chi connectivity index (χ4n) is 3.58. The van der Waals surface area contributed by atoms with Crippen molar-refractivity contribution in [3.63, 3.8) is 0 Å². The SMILES string of the molecule is CCCCCCCCOC(=O)[C@H](Cc1ccc(O)cc1)NC(=O)[C@H](Cc1ccc(O)cc1)NN. The van der Waals surface area contributed by atoms with Gasteiger partial charge in [-0.1, -0.05) is 63.3 Å². The van der Waals surface area contributed by atoms with Gasteiger partial charge in [-0.3, -0.25) is 10.6 Å². The average Bonchev–Trinajstić information content (AvgIpc) is 2.83. The Morgan fingerprint density at radius 1 is 0.824 bits per heavy atom. The third-order valence-corrected chi connectivity index (χ3v) is 5.61. The van der Waals surface area contributed by atoms with Crippen molar-refractivity contribution in [1.29, 1.82) is 0 Å². The van der Waals surface area contributed by atoms with Gasteiger partial charge < -0.3 is 20.3 Å². The van der Waals surface area contributed by atoms with Crippen LogP contribution in [0.1, 0.15) is 56.6 Å². The Labute approximate surface area is 201 Å². The molecule has 2 aromatic rings. The number of unbranched alkanes of at least 4 members (excludes halogenated alkanes) is 5. The zero-order chi connectivity index (χ0) is 24.8. The molecule has 2 atom stereocenters. The van der Waals surface area contributed by atoms with E-state index in [0.29, 0.717) is 6.61 Å². The smallest absolute Gasteiger partial charge is 0.328 e. The maximum atomic E-state index is 12.9. The molecule has 34 heavy (non-hydrogen) atoms. The predicted molar refractivity (Wildman–Crippen MR) is 131 cm³/mol. The minimum absolute atomic E-state index is 0.122. The normalized spacial score (nSPS) is 12.6. The van der Waals surface area contributed by atoms with Gasteiger partial charge in [-0.2, -0.15) is 0 Å². The van der Waals surface area contributed by atoms with E-state index in [1.165, 1.54) is 43.5 Å². The Balaban J connectivity index is 1.99. The first-order chi connectivity index (χ1) is 16.4. The van der Waals surface area contributed by atoms with E-state index >= 15 is 0 Å². The van der Waals surface area contributed by atoms with Gasteiger partial charge in [0.2, 0.25) is 5.91 Å². The van der Waals surface area contributed by atoms with E-state index in [1.807, 2.05) is 0 Å². The Morgan fingerprint density at radius 2 is 1.32 bits per heavy atom. The monoisotopic (exact) mass is 471 g/mol. The largest absolute Gasteiger partial charge is 0.508 e. The second-order valence-corrected chi connectivity index (χ2v) is 8.46. The van der Waals surface area contributed by atoms with Crippen molar-refractivity contribution in [1.82, 2.24) is 10.7 Å². The Morgan fingerprint density at radius 3 is 1.85 bits per heavy atom. The average molecular weight is 472 g/mol. The lowest BCUT2D eigenvalue weighted by molar-refractivity contribution is -0.148. The van der Waals surface area contributed by atoms with Crippen LogP contribution < -0.4 is 16.6 Å². The zero-order valence-corrected chi connectivity index (χ0v) is 19.8. The summed E-state index contributed by atoms with van der Waals surface area (Å²) < 4.78 is 5.47. The molecular weight excluding hydrogens is 434 g/mol. The Kier molecular flexibility index (Phi) is 11.9. The summed E-state index contributed by atoms with van der Waals surface area (Å²) in [5.74, 6) is 4.93. The third-order valence-electron chi connectivity index (χ3n) is 5.61. The van der Waals surface area contributed by atoms with Crippen LogP contribution in [0.3, 0.4) is 0 Å². The molecule has 0 saturated carbocycles. The summed E-state index contributed by atoms with van der Waals surface area (Å²) in [4.78, 5) is 25.8. The molecule has 0 heterocycles. The molecule has 0 bridgehead atoms. The summed E-state index contributed by atoms with van der Waals surface area (Å²) in [5.41, 5.74) is 4.07. The molecule has 2 rings (SSSR count). The van der Waals surface area contributed by atoms with Crippen molar-refractivity contribution in [2.24, 2.45) is 5.84 Å². The van der Waals surface area contributed by atoms with Gasteiger partial charge in [0.05, 0.1) is 6.61 Å². The zero-order valence-electron chi connectivity index (χ0n) is 19.8. The highest BCUT2D eigenvalue weighted by Crippen LogP contribution is 2.14. The predicted octanol–water partition coefficient (Wildman–Crippen LogP) is 3.10. The first-order valence-corrected chi connectivity index (χ1v) is 11.9. The van der Waals surface area contributed by atoms with E-state index in [2.05, 4.69) is 17.7 Å². The third kappa shape index (κ3) is 9.80. The molecule has 6 N–H and O–H groups in total. The number of carbonyl (C=O) groups excluding carboxylic acids is 2. The molecule has 2 aromatic carbocycles. The molecular formula is C26H37N3O5. The maximum Gasteiger partial charge on any atom is 0.328 e. The van der Waals surface area contributed by atoms with Gasteiger partial charge in [-0.15, -0.1) is 0 Å². The molecule has 0 unspecified atom stereocenters. The molecule has 0 aliphatic heterocycles. The highest BCUT2D eigenvalue weighted by molar-refractivity contribution is 5.88. The molecule has 8 heteroatoms. The number of amides is 1. The summed E-state index contributed by atoms with van der Waals surface area (Å²) in [6.07, 6.45) is 6.95. The van der Waals surface area contributed by atoms with Crippen LogP contribution >= 0.6 is 0 Å². The van der Waals surface area contributed by atoms with Crippen LogP contribution in [0.4, 0.5) is 0 Å². The number of hydrogen-bond donors (Lipinski definition) is 5. The van der Waals surface area contributed by atoms with Gasteiger partial charge in [-0.05, 0) is 48.2 Å². The van der Waals surface area contributed by atoms with E-state index in [-0.39, 0.29) is 24.3 Å². The number of rotatable bonds is 15. The van der Waals surface area contributed by atoms with Crippen LogP contribution in [0, 0.1) is 0 Å². The van der Waals surface area contributed by atoms with Crippen molar-refractivity contribution >= 4 is 11.9 Å². The summed E-state index contributed by atoms with van der Waals surface area (Å²) in [5, 5.41) is 21.7. The number of carbonyl (C=O) groups is 2. The molecule has 0 radical (unpaired) electrons. The summed E-state index contributed by atoms with van der Waals surface area (Å²) in [7, 11) is 0. The van der Waals surface area contributed by atoms with E-state index < -0.39 is 24.0 Å². The second-order valence-electron chi connectivity index (χ2n) is 8.46. The summed E-state index contributed by atoms with van der Waals surface area (Å²) >= 11 is 0. The number of hydrogen-bond acceptors (Lipinski definition) is 7. The van der Waals surface area contributed by atoms with Crippen molar-refractivity contribution in [2.75, 3.05) is 6.61 Å². The van der Waals surface area contributed by atoms with Gasteiger partial charge in [0.15, 0.2) is 0 Å². The van der Waals surface area contributed by atoms with Gasteiger partial charge in [-0.25, -0.2) is 10.2 Å². The number of benzene rings is 2. The summed E-state index contributed by atoms with van der Waals surface area (Å²) in [6, 6.07) is 11.3. The fourth-order valence-corrected chi connectivity index (χ4v) is 3.58. The van der Waals surface area contributed by atoms with Crippen molar-refractivity contribution in [3.05, 3.63) is 59.7 Å². The lowest BCUT2D eigenvalue weighted by atomic mass is 10.0. The van der Waals surface area contributed by atoms with Gasteiger partial charge in [0, 0.05) is 6.42 Å². The van der Waals surface area contributed by atoms with Crippen LogP contribution in [0.5, 0.6) is 11.5 Å². The molecule has 0 aliphatic carbocycles.